The van der Waals surface area contributed by atoms with Crippen LogP contribution in [0.25, 0.3) is 0 Å². The van der Waals surface area contributed by atoms with Gasteiger partial charge in [0.15, 0.2) is 0 Å². The summed E-state index contributed by atoms with van der Waals surface area (Å²) in [5.41, 5.74) is 0. The van der Waals surface area contributed by atoms with Gasteiger partial charge in [-0.25, -0.2) is 0 Å². The molecule has 0 fully saturated rings. The van der Waals surface area contributed by atoms with Gasteiger partial charge in [-0.15, -0.1) is 0 Å². The molecule has 0 amide bonds. The highest BCUT2D eigenvalue weighted by atomic mass is 14.1. The van der Waals surface area contributed by atoms with Crippen LogP contribution in [0.5, 0.6) is 0 Å². The topological polar surface area (TPSA) is 0 Å². The molecule has 0 saturated carbocycles. The molecule has 0 aromatic carbocycles. The van der Waals surface area contributed by atoms with E-state index in [2.05, 4.69) is 20.8 Å². The number of rotatable bonds is 12. The molecule has 0 saturated heterocycles. The fourth-order valence-electron chi connectivity index (χ4n) is 2.32. The lowest BCUT2D eigenvalue weighted by Gasteiger charge is -2.13. The summed E-state index contributed by atoms with van der Waals surface area (Å²) in [6, 6.07) is 0. The maximum Gasteiger partial charge on any atom is -0.0414 e. The van der Waals surface area contributed by atoms with E-state index in [-0.39, 0.29) is 0 Å². The van der Waals surface area contributed by atoms with Crippen LogP contribution in [-0.2, 0) is 0 Å². The predicted molar refractivity (Wildman–Crippen MR) is 75.6 cm³/mol. The van der Waals surface area contributed by atoms with Crippen molar-refractivity contribution < 1.29 is 0 Å². The van der Waals surface area contributed by atoms with Crippen molar-refractivity contribution in [2.75, 3.05) is 0 Å². The molecule has 0 aliphatic carbocycles. The molecule has 1 radical (unpaired) electrons. The average Bonchev–Trinajstić information content (AvgIpc) is 2.32. The molecule has 0 bridgehead atoms. The minimum Gasteiger partial charge on any atom is -0.0654 e. The van der Waals surface area contributed by atoms with E-state index >= 15 is 0 Å². The smallest absolute Gasteiger partial charge is 0.0414 e. The lowest BCUT2D eigenvalue weighted by atomic mass is 9.93. The van der Waals surface area contributed by atoms with Gasteiger partial charge in [0.05, 0.1) is 0 Å². The van der Waals surface area contributed by atoms with Gasteiger partial charge in [0, 0.05) is 0 Å². The summed E-state index contributed by atoms with van der Waals surface area (Å²) in [4.78, 5) is 0. The van der Waals surface area contributed by atoms with Gasteiger partial charge in [-0.2, -0.15) is 0 Å². The third-order valence-electron chi connectivity index (χ3n) is 3.59. The summed E-state index contributed by atoms with van der Waals surface area (Å²) in [5, 5.41) is 0. The largest absolute Gasteiger partial charge is 0.0654 e. The maximum atomic E-state index is 4.08. The highest BCUT2D eigenvalue weighted by Crippen LogP contribution is 2.20. The van der Waals surface area contributed by atoms with Gasteiger partial charge < -0.3 is 0 Å². The molecule has 0 aliphatic heterocycles. The fourth-order valence-corrected chi connectivity index (χ4v) is 2.32. The van der Waals surface area contributed by atoms with Gasteiger partial charge in [0.25, 0.3) is 0 Å². The Morgan fingerprint density at radius 2 is 1.19 bits per heavy atom. The fraction of sp³-hybridized carbons (Fsp3) is 0.938. The first-order chi connectivity index (χ1) is 7.85. The van der Waals surface area contributed by atoms with Crippen LogP contribution in [0, 0.1) is 12.8 Å². The van der Waals surface area contributed by atoms with Gasteiger partial charge in [-0.1, -0.05) is 97.8 Å². The number of unbranched alkanes of at least 4 members (excludes halogenated alkanes) is 7. The SMILES string of the molecule is [CH2]CC(CCCC)CCCCCCCCC. The molecule has 97 valence electrons. The molecule has 1 atom stereocenters. The highest BCUT2D eigenvalue weighted by molar-refractivity contribution is 4.61. The monoisotopic (exact) mass is 225 g/mol. The van der Waals surface area contributed by atoms with E-state index in [0.717, 1.165) is 12.3 Å². The normalized spacial score (nSPS) is 12.9. The summed E-state index contributed by atoms with van der Waals surface area (Å²) < 4.78 is 0. The first-order valence-corrected chi connectivity index (χ1v) is 7.64. The first-order valence-electron chi connectivity index (χ1n) is 7.64. The molecule has 0 aromatic rings. The van der Waals surface area contributed by atoms with E-state index in [0.29, 0.717) is 0 Å². The van der Waals surface area contributed by atoms with Crippen molar-refractivity contribution in [1.82, 2.24) is 0 Å². The molecule has 0 rings (SSSR count). The Morgan fingerprint density at radius 1 is 0.688 bits per heavy atom. The molecule has 1 unspecified atom stereocenters. The molecule has 0 spiro atoms. The first kappa shape index (κ1) is 16.0. The third-order valence-corrected chi connectivity index (χ3v) is 3.59. The second kappa shape index (κ2) is 13.1. The van der Waals surface area contributed by atoms with Crippen molar-refractivity contribution in [3.8, 4) is 0 Å². The highest BCUT2D eigenvalue weighted by Gasteiger charge is 2.04. The minimum atomic E-state index is 0.913. The maximum absolute atomic E-state index is 4.08. The van der Waals surface area contributed by atoms with Crippen LogP contribution in [0.1, 0.15) is 90.9 Å². The Bertz CT molecular complexity index is 117. The molecule has 16 heavy (non-hydrogen) atoms. The van der Waals surface area contributed by atoms with Gasteiger partial charge in [0.2, 0.25) is 0 Å². The van der Waals surface area contributed by atoms with E-state index in [1.54, 1.807) is 0 Å². The van der Waals surface area contributed by atoms with E-state index < -0.39 is 0 Å². The Labute approximate surface area is 104 Å². The molecule has 0 heteroatoms. The van der Waals surface area contributed by atoms with Crippen molar-refractivity contribution in [2.24, 2.45) is 5.92 Å². The molecule has 0 heterocycles. The molecule has 0 nitrogen and oxygen atoms in total. The Balaban J connectivity index is 3.20. The van der Waals surface area contributed by atoms with E-state index in [1.807, 2.05) is 0 Å². The third kappa shape index (κ3) is 10.5. The molecule has 0 aliphatic rings. The van der Waals surface area contributed by atoms with Crippen LogP contribution < -0.4 is 0 Å². The zero-order valence-corrected chi connectivity index (χ0v) is 11.8. The van der Waals surface area contributed by atoms with Gasteiger partial charge in [-0.05, 0) is 5.92 Å². The second-order valence-electron chi connectivity index (χ2n) is 5.21. The van der Waals surface area contributed by atoms with Gasteiger partial charge in [-0.3, -0.25) is 0 Å². The molecular weight excluding hydrogens is 192 g/mol. The average molecular weight is 225 g/mol. The summed E-state index contributed by atoms with van der Waals surface area (Å²) in [7, 11) is 0. The van der Waals surface area contributed by atoms with Crippen LogP contribution in [0.4, 0.5) is 0 Å². The Kier molecular flexibility index (Phi) is 13.1. The van der Waals surface area contributed by atoms with E-state index in [9.17, 15) is 0 Å². The minimum absolute atomic E-state index is 0.913. The summed E-state index contributed by atoms with van der Waals surface area (Å²) in [6.07, 6.45) is 16.8. The number of hydrogen-bond acceptors (Lipinski definition) is 0. The zero-order chi connectivity index (χ0) is 12.1. The lowest BCUT2D eigenvalue weighted by molar-refractivity contribution is 0.412. The van der Waals surface area contributed by atoms with Crippen molar-refractivity contribution in [2.45, 2.75) is 90.9 Å². The molecule has 0 N–H and O–H groups in total. The van der Waals surface area contributed by atoms with Crippen molar-refractivity contribution in [1.29, 1.82) is 0 Å². The Morgan fingerprint density at radius 3 is 1.75 bits per heavy atom. The molecule has 0 aromatic heterocycles. The van der Waals surface area contributed by atoms with Crippen LogP contribution in [-0.4, -0.2) is 0 Å². The summed E-state index contributed by atoms with van der Waals surface area (Å²) >= 11 is 0. The second-order valence-corrected chi connectivity index (χ2v) is 5.21. The quantitative estimate of drug-likeness (QED) is 0.349. The van der Waals surface area contributed by atoms with Crippen LogP contribution in [0.3, 0.4) is 0 Å². The Hall–Kier alpha value is 0. The van der Waals surface area contributed by atoms with Crippen LogP contribution in [0.2, 0.25) is 0 Å². The summed E-state index contributed by atoms with van der Waals surface area (Å²) in [5.74, 6) is 0.913. The van der Waals surface area contributed by atoms with Crippen LogP contribution in [0.15, 0.2) is 0 Å². The number of hydrogen-bond donors (Lipinski definition) is 0. The summed E-state index contributed by atoms with van der Waals surface area (Å²) in [6.45, 7) is 8.65. The molecular formula is C16H33. The van der Waals surface area contributed by atoms with Crippen molar-refractivity contribution in [3.05, 3.63) is 6.92 Å². The van der Waals surface area contributed by atoms with Crippen molar-refractivity contribution in [3.63, 3.8) is 0 Å². The van der Waals surface area contributed by atoms with Gasteiger partial charge >= 0.3 is 0 Å². The van der Waals surface area contributed by atoms with Crippen molar-refractivity contribution >= 4 is 0 Å². The standard InChI is InChI=1S/C16H33/c1-4-7-9-10-11-12-13-15-16(6-3)14-8-5-2/h16H,3-15H2,1-2H3. The van der Waals surface area contributed by atoms with Gasteiger partial charge in [0.1, 0.15) is 0 Å². The zero-order valence-electron chi connectivity index (χ0n) is 11.8. The predicted octanol–water partition coefficient (Wildman–Crippen LogP) is 6.16. The van der Waals surface area contributed by atoms with Crippen LogP contribution >= 0.6 is 0 Å². The van der Waals surface area contributed by atoms with E-state index in [1.165, 1.54) is 70.6 Å². The van der Waals surface area contributed by atoms with E-state index in [4.69, 9.17) is 0 Å². The lowest BCUT2D eigenvalue weighted by Crippen LogP contribution is -1.98.